The summed E-state index contributed by atoms with van der Waals surface area (Å²) in [5, 5.41) is 4.81. The highest BCUT2D eigenvalue weighted by molar-refractivity contribution is 5.32. The average molecular weight is 366 g/mol. The molecule has 2 aromatic rings. The fourth-order valence-electron chi connectivity index (χ4n) is 3.02. The normalized spacial score (nSPS) is 13.2. The third-order valence-corrected chi connectivity index (χ3v) is 4.21. The van der Waals surface area contributed by atoms with Crippen molar-refractivity contribution in [2.24, 2.45) is 11.6 Å². The molecule has 27 heavy (non-hydrogen) atoms. The number of nitrogens with two attached hydrogens (primary N) is 2. The average Bonchev–Trinajstić information content (AvgIpc) is 3.22. The van der Waals surface area contributed by atoms with E-state index in [-0.39, 0.29) is 5.92 Å². The van der Waals surface area contributed by atoms with Crippen molar-refractivity contribution in [1.82, 2.24) is 15.2 Å². The van der Waals surface area contributed by atoms with Gasteiger partial charge in [-0.1, -0.05) is 74.5 Å². The molecule has 0 bridgehead atoms. The van der Waals surface area contributed by atoms with Gasteiger partial charge in [-0.2, -0.15) is 0 Å². The van der Waals surface area contributed by atoms with Crippen molar-refractivity contribution in [3.63, 3.8) is 0 Å². The Morgan fingerprint density at radius 3 is 2.11 bits per heavy atom. The molecule has 1 aliphatic rings. The van der Waals surface area contributed by atoms with Crippen LogP contribution in [0.1, 0.15) is 30.9 Å². The van der Waals surface area contributed by atoms with E-state index in [4.69, 9.17) is 11.6 Å². The van der Waals surface area contributed by atoms with Gasteiger partial charge in [0.15, 0.2) is 0 Å². The molecule has 0 saturated heterocycles. The SMILES string of the molecule is CC.N/C(=C\N(N)CC(c1ccccc1)c1ccccc1)CN1C=CNC1. The lowest BCUT2D eigenvalue weighted by Gasteiger charge is -2.24. The van der Waals surface area contributed by atoms with Gasteiger partial charge in [0.2, 0.25) is 0 Å². The Hall–Kier alpha value is -2.92. The monoisotopic (exact) mass is 365 g/mol. The van der Waals surface area contributed by atoms with Crippen molar-refractivity contribution in [2.75, 3.05) is 19.8 Å². The number of rotatable bonds is 7. The van der Waals surface area contributed by atoms with Gasteiger partial charge >= 0.3 is 0 Å². The number of hydrogen-bond acceptors (Lipinski definition) is 5. The van der Waals surface area contributed by atoms with Gasteiger partial charge in [-0.25, -0.2) is 5.84 Å². The van der Waals surface area contributed by atoms with Gasteiger partial charge in [-0.3, -0.25) is 0 Å². The predicted molar refractivity (Wildman–Crippen MR) is 113 cm³/mol. The van der Waals surface area contributed by atoms with Crippen molar-refractivity contribution in [1.29, 1.82) is 0 Å². The lowest BCUT2D eigenvalue weighted by Crippen LogP contribution is -2.33. The van der Waals surface area contributed by atoms with Crippen LogP contribution in [-0.4, -0.2) is 29.7 Å². The van der Waals surface area contributed by atoms with E-state index in [1.165, 1.54) is 11.1 Å². The van der Waals surface area contributed by atoms with Crippen LogP contribution in [0.5, 0.6) is 0 Å². The smallest absolute Gasteiger partial charge is 0.0871 e. The van der Waals surface area contributed by atoms with E-state index in [2.05, 4.69) is 58.7 Å². The number of nitrogens with one attached hydrogen (secondary N) is 1. The molecule has 0 aliphatic carbocycles. The van der Waals surface area contributed by atoms with Crippen molar-refractivity contribution >= 4 is 0 Å². The Labute approximate surface area is 162 Å². The van der Waals surface area contributed by atoms with Gasteiger partial charge < -0.3 is 21.0 Å². The molecule has 0 atom stereocenters. The minimum absolute atomic E-state index is 0.185. The Balaban J connectivity index is 0.00000126. The van der Waals surface area contributed by atoms with Gasteiger partial charge in [0, 0.05) is 36.8 Å². The van der Waals surface area contributed by atoms with Crippen LogP contribution in [0, 0.1) is 0 Å². The van der Waals surface area contributed by atoms with Crippen molar-refractivity contribution in [3.8, 4) is 0 Å². The van der Waals surface area contributed by atoms with E-state index in [1.54, 1.807) is 5.01 Å². The van der Waals surface area contributed by atoms with Crippen LogP contribution < -0.4 is 16.9 Å². The second-order valence-electron chi connectivity index (χ2n) is 6.20. The van der Waals surface area contributed by atoms with Gasteiger partial charge in [0.25, 0.3) is 0 Å². The molecule has 5 nitrogen and oxygen atoms in total. The van der Waals surface area contributed by atoms with Crippen LogP contribution in [0.15, 0.2) is 85.0 Å². The maximum Gasteiger partial charge on any atom is 0.0871 e. The first-order chi connectivity index (χ1) is 13.2. The van der Waals surface area contributed by atoms with Crippen LogP contribution in [0.25, 0.3) is 0 Å². The highest BCUT2D eigenvalue weighted by atomic mass is 15.4. The third-order valence-electron chi connectivity index (χ3n) is 4.21. The summed E-state index contributed by atoms with van der Waals surface area (Å²) in [6, 6.07) is 20.8. The summed E-state index contributed by atoms with van der Waals surface area (Å²) >= 11 is 0. The first-order valence-corrected chi connectivity index (χ1v) is 9.44. The second-order valence-corrected chi connectivity index (χ2v) is 6.20. The third kappa shape index (κ3) is 6.38. The number of hydrogen-bond donors (Lipinski definition) is 3. The van der Waals surface area contributed by atoms with E-state index in [1.807, 2.05) is 44.6 Å². The van der Waals surface area contributed by atoms with E-state index >= 15 is 0 Å². The molecule has 0 spiro atoms. The molecule has 5 N–H and O–H groups in total. The number of benzene rings is 2. The summed E-state index contributed by atoms with van der Waals surface area (Å²) in [5.41, 5.74) is 9.35. The fraction of sp³-hybridized carbons (Fsp3) is 0.273. The van der Waals surface area contributed by atoms with Crippen LogP contribution in [0.2, 0.25) is 0 Å². The molecule has 0 radical (unpaired) electrons. The highest BCUT2D eigenvalue weighted by Gasteiger charge is 2.16. The Morgan fingerprint density at radius 1 is 1.07 bits per heavy atom. The first-order valence-electron chi connectivity index (χ1n) is 9.44. The zero-order valence-electron chi connectivity index (χ0n) is 16.3. The first kappa shape index (κ1) is 20.4. The van der Waals surface area contributed by atoms with Crippen molar-refractivity contribution in [3.05, 3.63) is 96.1 Å². The maximum atomic E-state index is 6.25. The fourth-order valence-corrected chi connectivity index (χ4v) is 3.02. The van der Waals surface area contributed by atoms with Gasteiger partial charge in [-0.05, 0) is 11.1 Å². The number of hydrazine groups is 1. The second kappa shape index (κ2) is 10.9. The minimum Gasteiger partial charge on any atom is -0.399 e. The molecular weight excluding hydrogens is 334 g/mol. The minimum atomic E-state index is 0.185. The molecule has 0 fully saturated rings. The maximum absolute atomic E-state index is 6.25. The van der Waals surface area contributed by atoms with Crippen LogP contribution in [0.3, 0.4) is 0 Å². The summed E-state index contributed by atoms with van der Waals surface area (Å²) in [7, 11) is 0. The summed E-state index contributed by atoms with van der Waals surface area (Å²) in [5.74, 6) is 6.43. The molecular formula is C22H31N5. The van der Waals surface area contributed by atoms with Crippen LogP contribution in [0.4, 0.5) is 0 Å². The lowest BCUT2D eigenvalue weighted by molar-refractivity contribution is 0.365. The molecule has 1 heterocycles. The molecule has 0 saturated carbocycles. The molecule has 5 heteroatoms. The molecule has 0 aromatic heterocycles. The van der Waals surface area contributed by atoms with E-state index in [0.717, 1.165) is 12.4 Å². The molecule has 3 rings (SSSR count). The van der Waals surface area contributed by atoms with Crippen molar-refractivity contribution < 1.29 is 0 Å². The zero-order valence-corrected chi connectivity index (χ0v) is 16.3. The molecule has 144 valence electrons. The molecule has 0 amide bonds. The van der Waals surface area contributed by atoms with Gasteiger partial charge in [-0.15, -0.1) is 0 Å². The Kier molecular flexibility index (Phi) is 8.26. The summed E-state index contributed by atoms with van der Waals surface area (Å²) < 4.78 is 0. The van der Waals surface area contributed by atoms with Gasteiger partial charge in [0.05, 0.1) is 13.2 Å². The van der Waals surface area contributed by atoms with E-state index in [0.29, 0.717) is 13.1 Å². The zero-order chi connectivity index (χ0) is 19.5. The largest absolute Gasteiger partial charge is 0.399 e. The molecule has 2 aromatic carbocycles. The molecule has 1 aliphatic heterocycles. The summed E-state index contributed by atoms with van der Waals surface area (Å²) in [6.45, 7) is 6.08. The predicted octanol–water partition coefficient (Wildman–Crippen LogP) is 3.15. The standard InChI is InChI=1S/C20H25N5.C2H6/c21-19(13-24-12-11-23-16-24)14-25(22)15-20(17-7-3-1-4-8-17)18-9-5-2-6-10-18;1-2/h1-12,14,20,23H,13,15-16,21-22H2;1-2H3/b19-14-;. The Morgan fingerprint density at radius 2 is 1.63 bits per heavy atom. The topological polar surface area (TPSA) is 70.5 Å². The lowest BCUT2D eigenvalue weighted by atomic mass is 9.91. The van der Waals surface area contributed by atoms with Crippen LogP contribution in [-0.2, 0) is 0 Å². The van der Waals surface area contributed by atoms with Crippen LogP contribution >= 0.6 is 0 Å². The quantitative estimate of drug-likeness (QED) is 0.519. The summed E-state index contributed by atoms with van der Waals surface area (Å²) in [4.78, 5) is 2.09. The van der Waals surface area contributed by atoms with Gasteiger partial charge in [0.1, 0.15) is 0 Å². The van der Waals surface area contributed by atoms with Crippen molar-refractivity contribution in [2.45, 2.75) is 19.8 Å². The van der Waals surface area contributed by atoms with E-state index < -0.39 is 0 Å². The Bertz CT molecular complexity index is 672. The number of nitrogens with zero attached hydrogens (tertiary/aromatic N) is 2. The van der Waals surface area contributed by atoms with E-state index in [9.17, 15) is 0 Å². The molecule has 0 unspecified atom stereocenters. The summed E-state index contributed by atoms with van der Waals surface area (Å²) in [6.07, 6.45) is 5.72. The highest BCUT2D eigenvalue weighted by Crippen LogP contribution is 2.25.